The normalized spacial score (nSPS) is 43.0. The van der Waals surface area contributed by atoms with Crippen LogP contribution < -0.4 is 5.32 Å². The van der Waals surface area contributed by atoms with Gasteiger partial charge in [-0.25, -0.2) is 0 Å². The van der Waals surface area contributed by atoms with Crippen LogP contribution in [0.15, 0.2) is 0 Å². The van der Waals surface area contributed by atoms with Gasteiger partial charge >= 0.3 is 5.97 Å². The number of aliphatic hydroxyl groups is 3. The van der Waals surface area contributed by atoms with Gasteiger partial charge in [-0.15, -0.1) is 11.8 Å². The molecule has 6 nitrogen and oxygen atoms in total. The number of carboxylic acid groups (broad SMARTS) is 1. The van der Waals surface area contributed by atoms with Crippen molar-refractivity contribution in [1.82, 2.24) is 5.32 Å². The molecule has 0 bridgehead atoms. The maximum atomic E-state index is 10.6. The first-order valence-corrected chi connectivity index (χ1v) is 8.99. The van der Waals surface area contributed by atoms with Crippen molar-refractivity contribution in [3.8, 4) is 0 Å². The molecule has 5 N–H and O–H groups in total. The molecule has 0 amide bonds. The van der Waals surface area contributed by atoms with Gasteiger partial charge in [0.15, 0.2) is 0 Å². The third-order valence-electron chi connectivity index (χ3n) is 4.84. The number of carbonyl (C=O) groups is 1. The predicted octanol–water partition coefficient (Wildman–Crippen LogP) is 0.196. The lowest BCUT2D eigenvalue weighted by atomic mass is 9.80. The second kappa shape index (κ2) is 7.97. The summed E-state index contributed by atoms with van der Waals surface area (Å²) in [5.41, 5.74) is 0. The van der Waals surface area contributed by atoms with E-state index in [1.165, 1.54) is 0 Å². The van der Waals surface area contributed by atoms with Crippen molar-refractivity contribution < 1.29 is 25.2 Å². The molecule has 1 saturated heterocycles. The number of aliphatic carboxylic acids is 1. The van der Waals surface area contributed by atoms with Gasteiger partial charge in [0, 0.05) is 23.1 Å². The molecular formula is C15H27NO5S. The Hall–Kier alpha value is -0.340. The molecule has 0 radical (unpaired) electrons. The molecule has 0 aromatic rings. The Morgan fingerprint density at radius 3 is 2.59 bits per heavy atom. The van der Waals surface area contributed by atoms with Crippen LogP contribution in [0.2, 0.25) is 0 Å². The summed E-state index contributed by atoms with van der Waals surface area (Å²) in [5.74, 6) is -0.523. The van der Waals surface area contributed by atoms with Gasteiger partial charge in [-0.3, -0.25) is 4.79 Å². The zero-order chi connectivity index (χ0) is 16.3. The SMILES string of the molecule is C[C@@H]1S[C@@H](C2CCCC(NCCC(=O)O)C2)[C@@H](O)[C@H](O)[C@@H]1O. The van der Waals surface area contributed by atoms with E-state index in [1.807, 2.05) is 6.92 Å². The smallest absolute Gasteiger partial charge is 0.304 e. The van der Waals surface area contributed by atoms with Crippen LogP contribution in [0.5, 0.6) is 0 Å². The zero-order valence-corrected chi connectivity index (χ0v) is 13.7. The van der Waals surface area contributed by atoms with E-state index >= 15 is 0 Å². The lowest BCUT2D eigenvalue weighted by Gasteiger charge is -2.44. The van der Waals surface area contributed by atoms with Crippen LogP contribution in [-0.4, -0.2) is 67.8 Å². The third-order valence-corrected chi connectivity index (χ3v) is 6.53. The van der Waals surface area contributed by atoms with Crippen LogP contribution in [0.25, 0.3) is 0 Å². The van der Waals surface area contributed by atoms with Crippen molar-refractivity contribution in [2.75, 3.05) is 6.54 Å². The second-order valence-corrected chi connectivity index (χ2v) is 8.06. The maximum absolute atomic E-state index is 10.6. The van der Waals surface area contributed by atoms with E-state index in [4.69, 9.17) is 5.11 Å². The average Bonchev–Trinajstić information content (AvgIpc) is 2.49. The van der Waals surface area contributed by atoms with Gasteiger partial charge in [-0.2, -0.15) is 0 Å². The minimum atomic E-state index is -1.08. The van der Waals surface area contributed by atoms with Gasteiger partial charge in [0.1, 0.15) is 6.10 Å². The second-order valence-electron chi connectivity index (χ2n) is 6.50. The lowest BCUT2D eigenvalue weighted by Crippen LogP contribution is -2.55. The first kappa shape index (κ1) is 18.0. The van der Waals surface area contributed by atoms with Crippen LogP contribution in [0.4, 0.5) is 0 Å². The lowest BCUT2D eigenvalue weighted by molar-refractivity contribution is -0.136. The maximum Gasteiger partial charge on any atom is 0.304 e. The van der Waals surface area contributed by atoms with E-state index in [1.54, 1.807) is 11.8 Å². The summed E-state index contributed by atoms with van der Waals surface area (Å²) in [6.45, 7) is 2.34. The van der Waals surface area contributed by atoms with Gasteiger partial charge in [-0.05, 0) is 25.2 Å². The summed E-state index contributed by atoms with van der Waals surface area (Å²) in [6.07, 6.45) is 1.18. The highest BCUT2D eigenvalue weighted by atomic mass is 32.2. The third kappa shape index (κ3) is 4.35. The van der Waals surface area contributed by atoms with Gasteiger partial charge < -0.3 is 25.7 Å². The molecule has 22 heavy (non-hydrogen) atoms. The van der Waals surface area contributed by atoms with Crippen molar-refractivity contribution in [2.24, 2.45) is 5.92 Å². The van der Waals surface area contributed by atoms with E-state index in [-0.39, 0.29) is 28.9 Å². The molecule has 0 aromatic heterocycles. The number of aliphatic hydroxyl groups excluding tert-OH is 3. The molecule has 1 saturated carbocycles. The number of nitrogens with one attached hydrogen (secondary N) is 1. The first-order valence-electron chi connectivity index (χ1n) is 8.05. The molecule has 1 aliphatic heterocycles. The molecule has 128 valence electrons. The molecule has 2 unspecified atom stereocenters. The highest BCUT2D eigenvalue weighted by Crippen LogP contribution is 2.41. The Morgan fingerprint density at radius 1 is 1.18 bits per heavy atom. The summed E-state index contributed by atoms with van der Waals surface area (Å²) in [7, 11) is 0. The predicted molar refractivity (Wildman–Crippen MR) is 84.9 cm³/mol. The largest absolute Gasteiger partial charge is 0.481 e. The number of thioether (sulfide) groups is 1. The fourth-order valence-corrected chi connectivity index (χ4v) is 5.18. The number of hydrogen-bond donors (Lipinski definition) is 5. The van der Waals surface area contributed by atoms with Gasteiger partial charge in [0.05, 0.1) is 18.6 Å². The van der Waals surface area contributed by atoms with Crippen LogP contribution in [0.3, 0.4) is 0 Å². The molecular weight excluding hydrogens is 306 g/mol. The fourth-order valence-electron chi connectivity index (χ4n) is 3.57. The minimum absolute atomic E-state index is 0.0718. The van der Waals surface area contributed by atoms with E-state index in [0.717, 1.165) is 25.7 Å². The Morgan fingerprint density at radius 2 is 1.91 bits per heavy atom. The summed E-state index contributed by atoms with van der Waals surface area (Å²) < 4.78 is 0. The van der Waals surface area contributed by atoms with E-state index in [0.29, 0.717) is 6.54 Å². The summed E-state index contributed by atoms with van der Waals surface area (Å²) >= 11 is 1.56. The molecule has 2 aliphatic rings. The monoisotopic (exact) mass is 333 g/mol. The molecule has 1 aliphatic carbocycles. The fraction of sp³-hybridized carbons (Fsp3) is 0.933. The standard InChI is InChI=1S/C15H27NO5S/c1-8-12(19)13(20)14(21)15(22-8)9-3-2-4-10(7-9)16-6-5-11(17)18/h8-10,12-16,19-21H,2-7H2,1H3,(H,17,18)/t8-,9?,10?,12+,13+,14-,15-/m0/s1. The molecule has 0 spiro atoms. The van der Waals surface area contributed by atoms with Crippen LogP contribution >= 0.6 is 11.8 Å². The summed E-state index contributed by atoms with van der Waals surface area (Å²) in [4.78, 5) is 10.6. The molecule has 7 heteroatoms. The molecule has 1 heterocycles. The highest BCUT2D eigenvalue weighted by molar-refractivity contribution is 8.00. The molecule has 0 aromatic carbocycles. The van der Waals surface area contributed by atoms with Crippen molar-refractivity contribution >= 4 is 17.7 Å². The van der Waals surface area contributed by atoms with Crippen LogP contribution in [0.1, 0.15) is 39.0 Å². The Labute approximate surface area is 135 Å². The Balaban J connectivity index is 1.89. The minimum Gasteiger partial charge on any atom is -0.481 e. The van der Waals surface area contributed by atoms with Gasteiger partial charge in [0.2, 0.25) is 0 Å². The van der Waals surface area contributed by atoms with E-state index in [2.05, 4.69) is 5.32 Å². The average molecular weight is 333 g/mol. The van der Waals surface area contributed by atoms with Crippen molar-refractivity contribution in [1.29, 1.82) is 0 Å². The van der Waals surface area contributed by atoms with Crippen LogP contribution in [-0.2, 0) is 4.79 Å². The van der Waals surface area contributed by atoms with Gasteiger partial charge in [-0.1, -0.05) is 13.3 Å². The zero-order valence-electron chi connectivity index (χ0n) is 12.9. The number of hydrogen-bond acceptors (Lipinski definition) is 6. The highest BCUT2D eigenvalue weighted by Gasteiger charge is 2.45. The number of rotatable bonds is 5. The quantitative estimate of drug-likeness (QED) is 0.489. The molecule has 2 fully saturated rings. The van der Waals surface area contributed by atoms with Gasteiger partial charge in [0.25, 0.3) is 0 Å². The summed E-state index contributed by atoms with van der Waals surface area (Å²) in [6, 6.07) is 0.269. The van der Waals surface area contributed by atoms with Crippen molar-refractivity contribution in [3.05, 3.63) is 0 Å². The Bertz CT molecular complexity index is 383. The number of carboxylic acids is 1. The molecule has 7 atom stereocenters. The van der Waals surface area contributed by atoms with Crippen molar-refractivity contribution in [3.63, 3.8) is 0 Å². The Kier molecular flexibility index (Phi) is 6.52. The van der Waals surface area contributed by atoms with Crippen molar-refractivity contribution in [2.45, 2.75) is 73.9 Å². The first-order chi connectivity index (χ1) is 10.4. The van der Waals surface area contributed by atoms with E-state index in [9.17, 15) is 20.1 Å². The topological polar surface area (TPSA) is 110 Å². The molecule has 2 rings (SSSR count). The summed E-state index contributed by atoms with van der Waals surface area (Å²) in [5, 5.41) is 41.9. The van der Waals surface area contributed by atoms with E-state index < -0.39 is 24.3 Å². The van der Waals surface area contributed by atoms with Crippen LogP contribution in [0, 0.1) is 5.92 Å².